The number of aromatic amines is 3. The highest BCUT2D eigenvalue weighted by Gasteiger charge is 2.69. The number of aliphatic imine (C=N–C) groups is 2. The molecule has 0 bridgehead atoms. The van der Waals surface area contributed by atoms with Gasteiger partial charge in [-0.2, -0.15) is 10.5 Å². The van der Waals surface area contributed by atoms with Gasteiger partial charge in [-0.05, 0) is 45.8 Å². The molecular weight excluding hydrogens is 1970 g/mol. The zero-order chi connectivity index (χ0) is 108. The van der Waals surface area contributed by atoms with Crippen LogP contribution in [0.3, 0.4) is 0 Å². The SMILES string of the molecule is C#C[C@@]1(n2cnc3c(=O)[nH]c(C)nc32)O[C@H](CO)[C@@H](O)[C@H]1F.C=C1N=C(N)C=CN1[C@@H]1O[C@](CN)(CO)[C@@H](O)[C@H]1F.C=C1N=C(N)C=CN1[C@]1(C#N)O[C@@](CO)(CF)[C@@H](O)[C@H]1O.C=C1NC(=O)C=CN1[C@@H]1O[C@](CN)(CO)[C@@H](O)[C@H]1F.C=C1NC(=O)C=CN1[C@]1(C#N)O[C@@](CO)(CF)[C@@H](O)[C@H]1O.Cc1nc2c(ncn2[C@@H]2O[C@H](CO)[C@@H](O)[C@@]2(C)Cl)c(=O)[nH]1.Cc1nc2c(ncn2[C@@H]2O[C@](CN)(CO)[C@@H](O)[C@H]2F)c(=O)[nH]1. The van der Waals surface area contributed by atoms with Crippen molar-refractivity contribution in [1.82, 2.24) is 88.8 Å². The number of H-pyrrole nitrogens is 3. The van der Waals surface area contributed by atoms with Crippen LogP contribution in [0.4, 0.5) is 26.3 Å². The van der Waals surface area contributed by atoms with E-state index in [1.54, 1.807) is 39.8 Å². The van der Waals surface area contributed by atoms with Crippen LogP contribution in [0.15, 0.2) is 142 Å². The number of alkyl halides is 7. The highest BCUT2D eigenvalue weighted by atomic mass is 35.5. The van der Waals surface area contributed by atoms with Crippen LogP contribution in [0.25, 0.3) is 33.5 Å². The second-order valence-electron chi connectivity index (χ2n) is 34.1. The van der Waals surface area contributed by atoms with Crippen LogP contribution in [0.2, 0.25) is 0 Å². The molecule has 62 heteroatoms. The Morgan fingerprint density at radius 1 is 0.490 bits per heavy atom. The lowest BCUT2D eigenvalue weighted by atomic mass is 9.94. The number of hydrogen-bond donors (Lipinski definition) is 26. The van der Waals surface area contributed by atoms with E-state index in [2.05, 4.69) is 97.7 Å². The van der Waals surface area contributed by atoms with Gasteiger partial charge in [-0.1, -0.05) is 26.3 Å². The zero-order valence-corrected chi connectivity index (χ0v) is 77.7. The molecule has 0 aliphatic carbocycles. The molecule has 7 saturated heterocycles. The Hall–Kier alpha value is -12.6. The van der Waals surface area contributed by atoms with Crippen molar-refractivity contribution in [2.24, 2.45) is 38.7 Å². The van der Waals surface area contributed by atoms with E-state index in [1.807, 2.05) is 0 Å². The standard InChI is InChI=1S/C13H13FN4O4.C12H15ClN4O4.C12H16FN5O4.C12H15FN4O4.C12H14FN3O5.C11H17FN4O3.C11H16FN3O4/c1-3-13(10(14)9(20)7(4-19)22-13)18-5-15-8-11(18)16-6(2)17-12(8)21;1-5-15-9-7(10(20)16-5)14-4-17(9)11-12(2,13)8(19)6(3-18)21-11;1-5-16-9-7(10(21)17-5)15-4-18(9)11-6(13)8(20)12(2-14,3-19)22-11;1-7-16-8(15)2-3-17(7)12(5-14)10(20)9(19)11(4-13,6-18)21-12;1-7-15-8(18)2-3-16(7)12(5-14)10(20)9(19)11(4-13,6-17)21-12;1-6-15-7(14)2-3-16(6)10-8(12)9(18)11(4-13,5-17)19-10;1-6-14-7(17)2-3-15(6)10-8(12)9(18)11(4-13,5-16)19-10/h1,5,7,9-10,19-20H,4H2,2H3,(H,16,17,21);4,6,8,11,18-19H,3H2,1-2H3,(H,15,16,20);4,6,8,11,19-20H,2-3,14H2,1H3,(H,16,17,21);2-3,9-10,18-20H,1,4,6H2,(H2,15,16);2-3,9-10,17,19-20H,1,4,6H2,(H,15,18);2-3,8-10,17-18H,1,4-5,13H2,(H2,14,15);2-3,8-10,16,18H,1,4-5,13H2,(H,14,17)/t7-,9-,10-,13-;6-,8-,11-,12-;6-,8+,11-,12-;2*9-,10+,11+,12+;2*8-,9+,10-,11-/m1110011/s1. The van der Waals surface area contributed by atoms with Crippen molar-refractivity contribution >= 4 is 68.6 Å². The molecule has 0 saturated carbocycles. The number of aliphatic hydroxyl groups is 16. The molecule has 28 atom stereocenters. The van der Waals surface area contributed by atoms with E-state index in [4.69, 9.17) is 85.0 Å². The van der Waals surface area contributed by atoms with E-state index >= 15 is 0 Å². The summed E-state index contributed by atoms with van der Waals surface area (Å²) in [7, 11) is 0. The molecule has 17 heterocycles. The first-order valence-electron chi connectivity index (χ1n) is 43.1. The van der Waals surface area contributed by atoms with Crippen LogP contribution in [-0.4, -0.2) is 411 Å². The predicted molar refractivity (Wildman–Crippen MR) is 483 cm³/mol. The van der Waals surface area contributed by atoms with Gasteiger partial charge >= 0.3 is 0 Å². The number of carbonyl (C=O) groups excluding carboxylic acids is 2. The number of ether oxygens (including phenoxy) is 7. The highest BCUT2D eigenvalue weighted by molar-refractivity contribution is 6.24. The molecule has 2 amide bonds. The van der Waals surface area contributed by atoms with Gasteiger partial charge in [0.05, 0.1) is 58.9 Å². The fraction of sp³-hybridized carbons (Fsp3) is 0.530. The van der Waals surface area contributed by atoms with Gasteiger partial charge < -0.3 is 179 Å². The van der Waals surface area contributed by atoms with E-state index in [1.165, 1.54) is 68.4 Å². The Balaban J connectivity index is 0.000000161. The first-order valence-corrected chi connectivity index (χ1v) is 43.4. The summed E-state index contributed by atoms with van der Waals surface area (Å²) in [5, 5.41) is 178. The van der Waals surface area contributed by atoms with Gasteiger partial charge in [0.1, 0.15) is 173 Å². The molecule has 11 aliphatic rings. The first-order chi connectivity index (χ1) is 68.4. The maximum atomic E-state index is 14.6. The number of aryl methyl sites for hydroxylation is 3. The average molecular weight is 2080 g/mol. The number of halogens is 7. The number of rotatable bonds is 19. The summed E-state index contributed by atoms with van der Waals surface area (Å²) in [5.41, 5.74) is 11.4. The van der Waals surface area contributed by atoms with E-state index in [0.717, 1.165) is 33.0 Å². The number of nitrogens with zero attached hydrogens (tertiary/aromatic N) is 17. The average Bonchev–Trinajstić information content (AvgIpc) is 1.57. The molecular formula is C83H106ClF6N27O28. The molecule has 0 spiro atoms. The van der Waals surface area contributed by atoms with Crippen molar-refractivity contribution in [3.05, 3.63) is 166 Å². The number of hydrogen-bond acceptors (Lipinski definition) is 47. The fourth-order valence-corrected chi connectivity index (χ4v) is 16.9. The second kappa shape index (κ2) is 44.0. The number of nitriles is 2. The van der Waals surface area contributed by atoms with Gasteiger partial charge in [0.15, 0.2) is 94.3 Å². The number of imidazole rings is 3. The lowest BCUT2D eigenvalue weighted by molar-refractivity contribution is -0.176. The van der Waals surface area contributed by atoms with Crippen LogP contribution in [-0.2, 0) is 48.5 Å². The maximum Gasteiger partial charge on any atom is 0.279 e. The van der Waals surface area contributed by atoms with Gasteiger partial charge in [-0.3, -0.25) is 47.5 Å². The number of amides is 2. The number of aromatic nitrogens is 12. The smallest absolute Gasteiger partial charge is 0.279 e. The largest absolute Gasteiger partial charge is 0.394 e. The number of nitrogens with one attached hydrogen (secondary N) is 5. The minimum Gasteiger partial charge on any atom is -0.394 e. The fourth-order valence-electron chi connectivity index (χ4n) is 16.6. The van der Waals surface area contributed by atoms with Gasteiger partial charge in [-0.25, -0.2) is 66.2 Å². The summed E-state index contributed by atoms with van der Waals surface area (Å²) in [5.74, 6) is 2.87. The van der Waals surface area contributed by atoms with E-state index in [-0.39, 0.29) is 101 Å². The summed E-state index contributed by atoms with van der Waals surface area (Å²) in [4.78, 5) is 101. The van der Waals surface area contributed by atoms with Crippen molar-refractivity contribution < 1.29 is 151 Å². The number of carbonyl (C=O) groups is 2. The lowest BCUT2D eigenvalue weighted by Crippen LogP contribution is -2.56. The first kappa shape index (κ1) is 113. The normalized spacial score (nSPS) is 35.9. The van der Waals surface area contributed by atoms with Crippen molar-refractivity contribution in [1.29, 1.82) is 10.5 Å². The quantitative estimate of drug-likeness (QED) is 0.0203. The molecule has 11 aliphatic heterocycles. The van der Waals surface area contributed by atoms with Crippen LogP contribution in [0.1, 0.15) is 36.9 Å². The summed E-state index contributed by atoms with van der Waals surface area (Å²) in [6, 6.07) is 3.34. The topological polar surface area (TPSA) is 853 Å². The number of aliphatic hydroxyl groups excluding tert-OH is 16. The molecule has 7 fully saturated rings. The number of terminal acetylenes is 1. The lowest BCUT2D eigenvalue weighted by Gasteiger charge is -2.39. The van der Waals surface area contributed by atoms with E-state index in [9.17, 15) is 137 Å². The Bertz CT molecular complexity index is 6340. The minimum atomic E-state index is -2.23. The van der Waals surface area contributed by atoms with Crippen molar-refractivity contribution in [3.63, 3.8) is 0 Å². The summed E-state index contributed by atoms with van der Waals surface area (Å²) in [6.07, 6.45) is -9.27. The molecule has 6 aromatic rings. The van der Waals surface area contributed by atoms with Crippen molar-refractivity contribution in [2.75, 3.05) is 79.2 Å². The van der Waals surface area contributed by atoms with Gasteiger partial charge in [0.2, 0.25) is 5.72 Å². The molecule has 31 N–H and O–H groups in total. The van der Waals surface area contributed by atoms with Crippen LogP contribution in [0.5, 0.6) is 0 Å². The molecule has 0 radical (unpaired) electrons. The van der Waals surface area contributed by atoms with E-state index < -0.39 is 237 Å². The maximum absolute atomic E-state index is 14.6. The van der Waals surface area contributed by atoms with E-state index in [0.29, 0.717) is 23.1 Å². The number of fused-ring (bicyclic) bond motifs is 3. The Kier molecular flexibility index (Phi) is 34.2. The van der Waals surface area contributed by atoms with Crippen LogP contribution < -0.4 is 56.0 Å². The predicted octanol–water partition coefficient (Wildman–Crippen LogP) is -10.2. The van der Waals surface area contributed by atoms with Crippen molar-refractivity contribution in [2.45, 2.75) is 194 Å². The molecule has 0 aromatic carbocycles. The van der Waals surface area contributed by atoms with Gasteiger partial charge in [-0.15, -0.1) is 18.0 Å². The minimum absolute atomic E-state index is 0.0297. The number of nitrogens with two attached hydrogens (primary N) is 5. The monoisotopic (exact) mass is 2080 g/mol. The molecule has 145 heavy (non-hydrogen) atoms. The number of amidine groups is 2. The Labute approximate surface area is 818 Å². The molecule has 0 unspecified atom stereocenters. The Morgan fingerprint density at radius 2 is 0.876 bits per heavy atom. The van der Waals surface area contributed by atoms with Crippen LogP contribution in [0, 0.1) is 55.8 Å². The summed E-state index contributed by atoms with van der Waals surface area (Å²) in [6.45, 7) is 12.7. The van der Waals surface area contributed by atoms with Gasteiger partial charge in [0.25, 0.3) is 39.9 Å². The van der Waals surface area contributed by atoms with Crippen LogP contribution >= 0.6 is 11.6 Å². The highest BCUT2D eigenvalue weighted by Crippen LogP contribution is 2.49. The van der Waals surface area contributed by atoms with Gasteiger partial charge in [0, 0.05) is 56.6 Å². The zero-order valence-electron chi connectivity index (χ0n) is 76.9. The van der Waals surface area contributed by atoms with Crippen molar-refractivity contribution in [3.8, 4) is 24.5 Å². The summed E-state index contributed by atoms with van der Waals surface area (Å²) < 4.78 is 125. The third-order valence-corrected chi connectivity index (χ3v) is 25.4. The molecule has 17 rings (SSSR count). The third-order valence-electron chi connectivity index (χ3n) is 25.0. The molecule has 55 nitrogen and oxygen atoms in total. The third kappa shape index (κ3) is 20.0. The second-order valence-corrected chi connectivity index (χ2v) is 35.0. The Morgan fingerprint density at radius 3 is 1.27 bits per heavy atom. The summed E-state index contributed by atoms with van der Waals surface area (Å²) >= 11 is 6.38. The molecule has 6 aromatic heterocycles. The molecule has 790 valence electrons.